The van der Waals surface area contributed by atoms with Crippen LogP contribution < -0.4 is 9.47 Å². The maximum atomic E-state index is 13.7. The minimum atomic E-state index is -0.443. The summed E-state index contributed by atoms with van der Waals surface area (Å²) in [5.74, 6) is 1.40. The molecule has 2 saturated carbocycles. The van der Waals surface area contributed by atoms with Crippen molar-refractivity contribution in [1.29, 1.82) is 0 Å². The molecule has 2 aliphatic rings. The molecule has 1 aromatic rings. The molecule has 0 aromatic heterocycles. The summed E-state index contributed by atoms with van der Waals surface area (Å²) in [6, 6.07) is 5.37. The van der Waals surface area contributed by atoms with E-state index in [1.165, 1.54) is 0 Å². The summed E-state index contributed by atoms with van der Waals surface area (Å²) in [5, 5.41) is 10.8. The summed E-state index contributed by atoms with van der Waals surface area (Å²) in [6.45, 7) is 8.91. The van der Waals surface area contributed by atoms with Crippen molar-refractivity contribution >= 4 is 5.78 Å². The number of carbonyl (C=O) groups is 1. The van der Waals surface area contributed by atoms with Crippen LogP contribution in [-0.4, -0.2) is 31.2 Å². The first kappa shape index (κ1) is 20.2. The SMILES string of the molecule is COc1cc(OC)cc(C(=O)C2C(C)C(O)CC3C(C)(C)CCCC23C)c1. The molecule has 0 amide bonds. The van der Waals surface area contributed by atoms with Gasteiger partial charge in [0, 0.05) is 17.5 Å². The second-order valence-corrected chi connectivity index (χ2v) is 9.51. The monoisotopic (exact) mass is 374 g/mol. The van der Waals surface area contributed by atoms with E-state index in [2.05, 4.69) is 20.8 Å². The molecule has 3 rings (SSSR count). The van der Waals surface area contributed by atoms with Gasteiger partial charge in [0.05, 0.1) is 20.3 Å². The first-order valence-corrected chi connectivity index (χ1v) is 10.1. The summed E-state index contributed by atoms with van der Waals surface area (Å²) in [4.78, 5) is 13.7. The lowest BCUT2D eigenvalue weighted by atomic mass is 9.45. The van der Waals surface area contributed by atoms with E-state index in [-0.39, 0.29) is 28.4 Å². The van der Waals surface area contributed by atoms with Gasteiger partial charge in [0.15, 0.2) is 5.78 Å². The number of aliphatic hydroxyl groups is 1. The van der Waals surface area contributed by atoms with Crippen molar-refractivity contribution in [3.63, 3.8) is 0 Å². The van der Waals surface area contributed by atoms with Crippen molar-refractivity contribution < 1.29 is 19.4 Å². The number of hydrogen-bond donors (Lipinski definition) is 1. The molecule has 4 heteroatoms. The van der Waals surface area contributed by atoms with Crippen LogP contribution in [0.3, 0.4) is 0 Å². The maximum Gasteiger partial charge on any atom is 0.167 e. The number of ketones is 1. The Morgan fingerprint density at radius 2 is 1.67 bits per heavy atom. The Morgan fingerprint density at radius 1 is 1.07 bits per heavy atom. The van der Waals surface area contributed by atoms with Gasteiger partial charge < -0.3 is 14.6 Å². The Bertz CT molecular complexity index is 688. The molecule has 2 fully saturated rings. The highest BCUT2D eigenvalue weighted by atomic mass is 16.5. The van der Waals surface area contributed by atoms with Crippen molar-refractivity contribution in [3.8, 4) is 11.5 Å². The second kappa shape index (κ2) is 7.12. The first-order chi connectivity index (χ1) is 12.6. The average molecular weight is 375 g/mol. The molecule has 5 unspecified atom stereocenters. The number of fused-ring (bicyclic) bond motifs is 1. The van der Waals surface area contributed by atoms with Gasteiger partial charge in [0.2, 0.25) is 0 Å². The third-order valence-corrected chi connectivity index (χ3v) is 7.51. The highest BCUT2D eigenvalue weighted by Gasteiger charge is 2.58. The van der Waals surface area contributed by atoms with E-state index >= 15 is 0 Å². The Labute approximate surface area is 163 Å². The average Bonchev–Trinajstić information content (AvgIpc) is 2.63. The van der Waals surface area contributed by atoms with Gasteiger partial charge in [-0.3, -0.25) is 4.79 Å². The van der Waals surface area contributed by atoms with Gasteiger partial charge in [-0.15, -0.1) is 0 Å². The molecular formula is C23H34O4. The number of methoxy groups -OCH3 is 2. The van der Waals surface area contributed by atoms with E-state index in [9.17, 15) is 9.90 Å². The van der Waals surface area contributed by atoms with Gasteiger partial charge in [-0.05, 0) is 54.1 Å². The third-order valence-electron chi connectivity index (χ3n) is 7.51. The van der Waals surface area contributed by atoms with Gasteiger partial charge in [0.1, 0.15) is 11.5 Å². The largest absolute Gasteiger partial charge is 0.497 e. The van der Waals surface area contributed by atoms with Gasteiger partial charge in [0.25, 0.3) is 0 Å². The van der Waals surface area contributed by atoms with Crippen LogP contribution in [0.5, 0.6) is 11.5 Å². The van der Waals surface area contributed by atoms with Crippen LogP contribution in [0.1, 0.15) is 63.7 Å². The molecule has 0 spiro atoms. The summed E-state index contributed by atoms with van der Waals surface area (Å²) in [6.07, 6.45) is 3.67. The lowest BCUT2D eigenvalue weighted by Crippen LogP contribution is -2.57. The third kappa shape index (κ3) is 3.37. The quantitative estimate of drug-likeness (QED) is 0.774. The summed E-state index contributed by atoms with van der Waals surface area (Å²) >= 11 is 0. The molecule has 4 nitrogen and oxygen atoms in total. The van der Waals surface area contributed by atoms with Crippen molar-refractivity contribution in [3.05, 3.63) is 23.8 Å². The Kier molecular flexibility index (Phi) is 5.33. The van der Waals surface area contributed by atoms with Crippen LogP contribution in [0, 0.1) is 28.6 Å². The smallest absolute Gasteiger partial charge is 0.167 e. The summed E-state index contributed by atoms with van der Waals surface area (Å²) in [5.41, 5.74) is 0.646. The van der Waals surface area contributed by atoms with E-state index in [1.54, 1.807) is 32.4 Å². The highest BCUT2D eigenvalue weighted by molar-refractivity contribution is 5.99. The zero-order chi connectivity index (χ0) is 20.0. The lowest BCUT2D eigenvalue weighted by molar-refractivity contribution is -0.125. The zero-order valence-electron chi connectivity index (χ0n) is 17.5. The molecule has 0 radical (unpaired) electrons. The fourth-order valence-electron chi connectivity index (χ4n) is 6.07. The van der Waals surface area contributed by atoms with E-state index in [0.717, 1.165) is 25.7 Å². The molecule has 27 heavy (non-hydrogen) atoms. The van der Waals surface area contributed by atoms with Crippen molar-refractivity contribution in [1.82, 2.24) is 0 Å². The van der Waals surface area contributed by atoms with Crippen molar-refractivity contribution in [2.45, 2.75) is 59.5 Å². The first-order valence-electron chi connectivity index (χ1n) is 10.1. The molecule has 1 N–H and O–H groups in total. The molecular weight excluding hydrogens is 340 g/mol. The number of aliphatic hydroxyl groups excluding tert-OH is 1. The minimum Gasteiger partial charge on any atom is -0.497 e. The molecule has 2 aliphatic carbocycles. The minimum absolute atomic E-state index is 0.0650. The number of carbonyl (C=O) groups excluding carboxylic acids is 1. The zero-order valence-corrected chi connectivity index (χ0v) is 17.5. The predicted octanol–water partition coefficient (Wildman–Crippen LogP) is 4.74. The number of ether oxygens (including phenoxy) is 2. The Hall–Kier alpha value is -1.55. The van der Waals surface area contributed by atoms with E-state index in [0.29, 0.717) is 23.0 Å². The van der Waals surface area contributed by atoms with Crippen LogP contribution in [0.15, 0.2) is 18.2 Å². The predicted molar refractivity (Wildman–Crippen MR) is 106 cm³/mol. The molecule has 0 bridgehead atoms. The van der Waals surface area contributed by atoms with Crippen molar-refractivity contribution in [2.24, 2.45) is 28.6 Å². The Balaban J connectivity index is 2.06. The molecule has 1 aromatic carbocycles. The van der Waals surface area contributed by atoms with Gasteiger partial charge in [-0.2, -0.15) is 0 Å². The van der Waals surface area contributed by atoms with Crippen molar-refractivity contribution in [2.75, 3.05) is 14.2 Å². The second-order valence-electron chi connectivity index (χ2n) is 9.51. The van der Waals surface area contributed by atoms with Gasteiger partial charge in [-0.1, -0.05) is 34.1 Å². The van der Waals surface area contributed by atoms with Gasteiger partial charge in [-0.25, -0.2) is 0 Å². The van der Waals surface area contributed by atoms with Crippen LogP contribution in [0.2, 0.25) is 0 Å². The number of rotatable bonds is 4. The molecule has 0 heterocycles. The summed E-state index contributed by atoms with van der Waals surface area (Å²) in [7, 11) is 3.19. The maximum absolute atomic E-state index is 13.7. The van der Waals surface area contributed by atoms with Crippen LogP contribution in [-0.2, 0) is 0 Å². The number of benzene rings is 1. The number of hydrogen-bond acceptors (Lipinski definition) is 4. The van der Waals surface area contributed by atoms with Crippen LogP contribution in [0.25, 0.3) is 0 Å². The lowest BCUT2D eigenvalue weighted by Gasteiger charge is -2.59. The fraction of sp³-hybridized carbons (Fsp3) is 0.696. The van der Waals surface area contributed by atoms with Crippen LogP contribution in [0.4, 0.5) is 0 Å². The number of Topliss-reactive ketones (excluding diaryl/α,β-unsaturated/α-hetero) is 1. The van der Waals surface area contributed by atoms with E-state index in [4.69, 9.17) is 9.47 Å². The fourth-order valence-corrected chi connectivity index (χ4v) is 6.07. The molecule has 0 aliphatic heterocycles. The highest BCUT2D eigenvalue weighted by Crippen LogP contribution is 2.61. The van der Waals surface area contributed by atoms with Gasteiger partial charge >= 0.3 is 0 Å². The summed E-state index contributed by atoms with van der Waals surface area (Å²) < 4.78 is 10.7. The van der Waals surface area contributed by atoms with E-state index in [1.807, 2.05) is 6.92 Å². The standard InChI is InChI=1S/C23H34O4/c1-14-18(24)13-19-22(2,3)8-7-9-23(19,4)20(14)21(25)15-10-16(26-5)12-17(11-15)27-6/h10-12,14,18-20,24H,7-9,13H2,1-6H3. The topological polar surface area (TPSA) is 55.8 Å². The molecule has 0 saturated heterocycles. The Morgan fingerprint density at radius 3 is 2.22 bits per heavy atom. The normalized spacial score (nSPS) is 35.2. The molecule has 5 atom stereocenters. The van der Waals surface area contributed by atoms with E-state index < -0.39 is 6.10 Å². The molecule has 150 valence electrons. The van der Waals surface area contributed by atoms with Crippen LogP contribution >= 0.6 is 0 Å².